The van der Waals surface area contributed by atoms with Crippen molar-refractivity contribution in [3.05, 3.63) is 102 Å². The molecule has 25 heavy (non-hydrogen) atoms. The molecule has 3 aromatic rings. The van der Waals surface area contributed by atoms with E-state index in [1.54, 1.807) is 48.5 Å². The second-order valence-corrected chi connectivity index (χ2v) is 6.58. The van der Waals surface area contributed by atoms with E-state index in [4.69, 9.17) is 0 Å². The zero-order valence-corrected chi connectivity index (χ0v) is 14.1. The first kappa shape index (κ1) is 16.8. The van der Waals surface area contributed by atoms with Gasteiger partial charge in [-0.1, -0.05) is 54.6 Å². The van der Waals surface area contributed by atoms with Gasteiger partial charge in [-0.25, -0.2) is 0 Å². The van der Waals surface area contributed by atoms with Crippen LogP contribution in [0.3, 0.4) is 0 Å². The van der Waals surface area contributed by atoms with Gasteiger partial charge in [-0.2, -0.15) is 4.36 Å². The van der Waals surface area contributed by atoms with E-state index in [9.17, 15) is 9.59 Å². The number of carbonyl (C=O) groups is 2. The van der Waals surface area contributed by atoms with Crippen LogP contribution in [0.2, 0.25) is 0 Å². The number of rotatable bonds is 4. The first-order valence-electron chi connectivity index (χ1n) is 7.70. The van der Waals surface area contributed by atoms with Crippen LogP contribution < -0.4 is 4.72 Å². The van der Waals surface area contributed by atoms with Gasteiger partial charge in [0.05, 0.1) is 0 Å². The number of nitrogens with zero attached hydrogens (tertiary/aromatic N) is 1. The third kappa shape index (κ3) is 4.49. The topological polar surface area (TPSA) is 58.5 Å². The molecule has 124 valence electrons. The van der Waals surface area contributed by atoms with Crippen LogP contribution in [0.1, 0.15) is 20.7 Å². The molecule has 5 heteroatoms. The zero-order chi connectivity index (χ0) is 17.5. The van der Waals surface area contributed by atoms with Crippen LogP contribution in [0.4, 0.5) is 0 Å². The van der Waals surface area contributed by atoms with Crippen molar-refractivity contribution in [2.24, 2.45) is 4.36 Å². The Hall–Kier alpha value is -3.05. The summed E-state index contributed by atoms with van der Waals surface area (Å²) in [5, 5.41) is 0. The lowest BCUT2D eigenvalue weighted by Crippen LogP contribution is -2.26. The van der Waals surface area contributed by atoms with Gasteiger partial charge in [0.1, 0.15) is 0 Å². The lowest BCUT2D eigenvalue weighted by molar-refractivity contribution is 0.0983. The molecule has 0 fully saturated rings. The smallest absolute Gasteiger partial charge is 0.283 e. The summed E-state index contributed by atoms with van der Waals surface area (Å²) in [6, 6.07) is 27.0. The lowest BCUT2D eigenvalue weighted by atomic mass is 10.2. The molecule has 3 aromatic carbocycles. The Morgan fingerprint density at radius 2 is 1.16 bits per heavy atom. The fourth-order valence-electron chi connectivity index (χ4n) is 2.14. The first-order valence-corrected chi connectivity index (χ1v) is 8.89. The van der Waals surface area contributed by atoms with Crippen molar-refractivity contribution in [1.82, 2.24) is 4.72 Å². The van der Waals surface area contributed by atoms with E-state index in [-0.39, 0.29) is 11.8 Å². The van der Waals surface area contributed by atoms with Crippen LogP contribution in [0.5, 0.6) is 0 Å². The molecular formula is C20H16N2O2S. The van der Waals surface area contributed by atoms with Crippen molar-refractivity contribution in [1.29, 1.82) is 0 Å². The van der Waals surface area contributed by atoms with Gasteiger partial charge in [-0.05, 0) is 36.4 Å². The highest BCUT2D eigenvalue weighted by Crippen LogP contribution is 2.10. The van der Waals surface area contributed by atoms with Crippen molar-refractivity contribution in [3.8, 4) is 0 Å². The Bertz CT molecular complexity index is 895. The number of hydrogen-bond donors (Lipinski definition) is 1. The van der Waals surface area contributed by atoms with E-state index in [1.165, 1.54) is 0 Å². The largest absolute Gasteiger partial charge is 0.284 e. The van der Waals surface area contributed by atoms with Gasteiger partial charge in [0.2, 0.25) is 0 Å². The Morgan fingerprint density at radius 3 is 1.72 bits per heavy atom. The lowest BCUT2D eigenvalue weighted by Gasteiger charge is -2.10. The van der Waals surface area contributed by atoms with Crippen LogP contribution in [0.25, 0.3) is 0 Å². The molecule has 1 N–H and O–H groups in total. The minimum atomic E-state index is -1.07. The Labute approximate surface area is 148 Å². The van der Waals surface area contributed by atoms with Gasteiger partial charge < -0.3 is 0 Å². The van der Waals surface area contributed by atoms with E-state index in [0.717, 1.165) is 4.90 Å². The molecule has 0 aromatic heterocycles. The summed E-state index contributed by atoms with van der Waals surface area (Å²) in [6.45, 7) is 0. The minimum Gasteiger partial charge on any atom is -0.283 e. The Kier molecular flexibility index (Phi) is 5.49. The predicted octanol–water partition coefficient (Wildman–Crippen LogP) is 4.03. The molecule has 4 nitrogen and oxygen atoms in total. The summed E-state index contributed by atoms with van der Waals surface area (Å²) in [5.74, 6) is -0.626. The second-order valence-electron chi connectivity index (χ2n) is 5.16. The van der Waals surface area contributed by atoms with Crippen LogP contribution in [0, 0.1) is 0 Å². The average molecular weight is 348 g/mol. The van der Waals surface area contributed by atoms with Gasteiger partial charge in [-0.3, -0.25) is 14.3 Å². The van der Waals surface area contributed by atoms with Crippen LogP contribution in [-0.2, 0) is 10.9 Å². The van der Waals surface area contributed by atoms with Crippen molar-refractivity contribution in [2.45, 2.75) is 4.90 Å². The number of carbonyl (C=O) groups excluding carboxylic acids is 2. The summed E-state index contributed by atoms with van der Waals surface area (Å²) >= 11 is 0. The molecule has 0 spiro atoms. The van der Waals surface area contributed by atoms with Crippen LogP contribution >= 0.6 is 0 Å². The molecule has 0 saturated carbocycles. The second kappa shape index (κ2) is 8.17. The van der Waals surface area contributed by atoms with E-state index in [0.29, 0.717) is 11.1 Å². The molecule has 1 unspecified atom stereocenters. The normalized spacial score (nSPS) is 11.7. The molecule has 0 bridgehead atoms. The molecule has 1 atom stereocenters. The van der Waals surface area contributed by atoms with E-state index in [1.807, 2.05) is 42.5 Å². The third-order valence-corrected chi connectivity index (χ3v) is 4.83. The van der Waals surface area contributed by atoms with Crippen LogP contribution in [0.15, 0.2) is 100 Å². The maximum atomic E-state index is 12.5. The molecule has 0 aliphatic rings. The highest BCUT2D eigenvalue weighted by Gasteiger charge is 2.12. The maximum Gasteiger partial charge on any atom is 0.284 e. The summed E-state index contributed by atoms with van der Waals surface area (Å²) in [7, 11) is -1.07. The quantitative estimate of drug-likeness (QED) is 0.774. The summed E-state index contributed by atoms with van der Waals surface area (Å²) < 4.78 is 7.09. The molecular weight excluding hydrogens is 332 g/mol. The molecule has 0 saturated heterocycles. The highest BCUT2D eigenvalue weighted by molar-refractivity contribution is 7.86. The number of hydrogen-bond acceptors (Lipinski definition) is 2. The standard InChI is InChI=1S/C20H16N2O2S/c23-19(16-10-4-1-5-11-16)21-25(18-14-8-3-9-15-18)22-20(24)17-12-6-2-7-13-17/h1-15H,(H,21,22,23,24). The van der Waals surface area contributed by atoms with Crippen LogP contribution in [-0.4, -0.2) is 11.8 Å². The minimum absolute atomic E-state index is 0.266. The number of amides is 2. The number of benzene rings is 3. The Morgan fingerprint density at radius 1 is 0.680 bits per heavy atom. The van der Waals surface area contributed by atoms with Gasteiger partial charge in [-0.15, -0.1) is 0 Å². The zero-order valence-electron chi connectivity index (χ0n) is 13.3. The Balaban J connectivity index is 1.92. The number of nitrogens with one attached hydrogen (secondary N) is 1. The van der Waals surface area contributed by atoms with Crippen molar-refractivity contribution in [3.63, 3.8) is 0 Å². The molecule has 2 amide bonds. The van der Waals surface area contributed by atoms with Crippen molar-refractivity contribution < 1.29 is 9.59 Å². The van der Waals surface area contributed by atoms with Gasteiger partial charge in [0.25, 0.3) is 11.8 Å². The first-order chi connectivity index (χ1) is 12.2. The van der Waals surface area contributed by atoms with Gasteiger partial charge >= 0.3 is 0 Å². The van der Waals surface area contributed by atoms with E-state index >= 15 is 0 Å². The molecule has 3 rings (SSSR count). The fourth-order valence-corrected chi connectivity index (χ4v) is 3.38. The molecule has 0 heterocycles. The van der Waals surface area contributed by atoms with Gasteiger partial charge in [0, 0.05) is 26.9 Å². The van der Waals surface area contributed by atoms with E-state index in [2.05, 4.69) is 9.08 Å². The highest BCUT2D eigenvalue weighted by atomic mass is 32.2. The maximum absolute atomic E-state index is 12.5. The third-order valence-electron chi connectivity index (χ3n) is 3.39. The average Bonchev–Trinajstić information content (AvgIpc) is 2.69. The molecule has 0 aliphatic carbocycles. The fraction of sp³-hybridized carbons (Fsp3) is 0. The predicted molar refractivity (Wildman–Crippen MR) is 99.2 cm³/mol. The van der Waals surface area contributed by atoms with Crippen molar-refractivity contribution >= 4 is 22.7 Å². The molecule has 0 radical (unpaired) electrons. The van der Waals surface area contributed by atoms with Crippen molar-refractivity contribution in [2.75, 3.05) is 0 Å². The van der Waals surface area contributed by atoms with E-state index < -0.39 is 10.9 Å². The van der Waals surface area contributed by atoms with Gasteiger partial charge in [0.15, 0.2) is 0 Å². The summed E-state index contributed by atoms with van der Waals surface area (Å²) in [4.78, 5) is 25.7. The summed E-state index contributed by atoms with van der Waals surface area (Å²) in [5.41, 5.74) is 1.02. The molecule has 0 aliphatic heterocycles. The monoisotopic (exact) mass is 348 g/mol. The SMILES string of the molecule is O=C(N=S(NC(=O)c1ccccc1)c1ccccc1)c1ccccc1. The summed E-state index contributed by atoms with van der Waals surface area (Å²) in [6.07, 6.45) is 0.